The van der Waals surface area contributed by atoms with Gasteiger partial charge in [0, 0.05) is 18.7 Å². The summed E-state index contributed by atoms with van der Waals surface area (Å²) in [5.74, 6) is -0.667. The van der Waals surface area contributed by atoms with Crippen LogP contribution in [-0.4, -0.2) is 49.9 Å². The lowest BCUT2D eigenvalue weighted by Crippen LogP contribution is -2.45. The van der Waals surface area contributed by atoms with E-state index in [1.54, 1.807) is 36.7 Å². The van der Waals surface area contributed by atoms with Gasteiger partial charge in [0.15, 0.2) is 5.69 Å². The second kappa shape index (κ2) is 10.3. The largest absolute Gasteiger partial charge is 0.321 e. The lowest BCUT2D eigenvalue weighted by molar-refractivity contribution is 0.0744. The summed E-state index contributed by atoms with van der Waals surface area (Å²) in [5, 5.41) is 22.3. The molecule has 1 aromatic carbocycles. The molecular weight excluding hydrogens is 456 g/mol. The van der Waals surface area contributed by atoms with Gasteiger partial charge in [-0.25, -0.2) is 9.69 Å². The Morgan fingerprint density at radius 3 is 2.50 bits per heavy atom. The molecule has 1 aliphatic rings. The Bertz CT molecular complexity index is 1330. The van der Waals surface area contributed by atoms with E-state index in [-0.39, 0.29) is 22.9 Å². The van der Waals surface area contributed by atoms with Crippen LogP contribution in [0.2, 0.25) is 0 Å². The molecule has 36 heavy (non-hydrogen) atoms. The van der Waals surface area contributed by atoms with Gasteiger partial charge >= 0.3 is 0 Å². The second-order valence-corrected chi connectivity index (χ2v) is 9.98. The van der Waals surface area contributed by atoms with Crippen LogP contribution in [0, 0.1) is 18.3 Å². The van der Waals surface area contributed by atoms with Crippen molar-refractivity contribution < 1.29 is 9.59 Å². The summed E-state index contributed by atoms with van der Waals surface area (Å²) in [4.78, 5) is 30.0. The highest BCUT2D eigenvalue weighted by molar-refractivity contribution is 6.04. The van der Waals surface area contributed by atoms with Crippen molar-refractivity contribution in [2.75, 3.05) is 18.4 Å². The average molecular weight is 487 g/mol. The van der Waals surface area contributed by atoms with Crippen LogP contribution in [0.5, 0.6) is 0 Å². The number of aromatic nitrogens is 4. The number of hydrazine groups is 1. The number of rotatable bonds is 5. The summed E-state index contributed by atoms with van der Waals surface area (Å²) in [6, 6.07) is 9.01. The monoisotopic (exact) mass is 486 g/mol. The van der Waals surface area contributed by atoms with Gasteiger partial charge in [0.2, 0.25) is 0 Å². The van der Waals surface area contributed by atoms with E-state index in [4.69, 9.17) is 0 Å². The van der Waals surface area contributed by atoms with Gasteiger partial charge in [0.25, 0.3) is 11.8 Å². The first-order valence-corrected chi connectivity index (χ1v) is 12.0. The maximum Gasteiger partial charge on any atom is 0.287 e. The molecular formula is C26H30N8O2. The van der Waals surface area contributed by atoms with Crippen LogP contribution < -0.4 is 10.7 Å². The lowest BCUT2D eigenvalue weighted by Gasteiger charge is -2.26. The molecule has 3 aromatic rings. The third-order valence-electron chi connectivity index (χ3n) is 6.10. The third kappa shape index (κ3) is 5.75. The summed E-state index contributed by atoms with van der Waals surface area (Å²) in [5.41, 5.74) is 6.25. The fraction of sp³-hybridized carbons (Fsp3) is 0.385. The Kier molecular flexibility index (Phi) is 7.12. The SMILES string of the molecule is Cc1ncc(NC(=O)c2cc(C#N)cc(C(C)(C)C)c2)cc1-n1cc(C(=O)NN2CCCCC2)nn1. The normalized spacial score (nSPS) is 14.2. The number of nitriles is 1. The van der Waals surface area contributed by atoms with Crippen LogP contribution >= 0.6 is 0 Å². The Morgan fingerprint density at radius 2 is 1.81 bits per heavy atom. The number of hydrogen-bond donors (Lipinski definition) is 2. The number of anilines is 1. The van der Waals surface area contributed by atoms with Crippen LogP contribution in [-0.2, 0) is 5.41 Å². The topological polar surface area (TPSA) is 129 Å². The van der Waals surface area contributed by atoms with E-state index in [2.05, 4.69) is 32.1 Å². The molecule has 0 unspecified atom stereocenters. The molecule has 4 rings (SSSR count). The summed E-state index contributed by atoms with van der Waals surface area (Å²) in [6.07, 6.45) is 6.36. The van der Waals surface area contributed by atoms with Crippen LogP contribution in [0.4, 0.5) is 5.69 Å². The number of amides is 2. The Hall–Kier alpha value is -4.10. The fourth-order valence-electron chi connectivity index (χ4n) is 3.97. The molecule has 0 atom stereocenters. The van der Waals surface area contributed by atoms with Crippen molar-refractivity contribution in [3.05, 3.63) is 64.7 Å². The van der Waals surface area contributed by atoms with Crippen molar-refractivity contribution in [3.63, 3.8) is 0 Å². The Morgan fingerprint density at radius 1 is 1.06 bits per heavy atom. The number of benzene rings is 1. The first-order valence-electron chi connectivity index (χ1n) is 12.0. The van der Waals surface area contributed by atoms with Crippen molar-refractivity contribution in [3.8, 4) is 11.8 Å². The number of nitrogens with one attached hydrogen (secondary N) is 2. The first-order chi connectivity index (χ1) is 17.1. The summed E-state index contributed by atoms with van der Waals surface area (Å²) in [7, 11) is 0. The predicted molar refractivity (Wildman–Crippen MR) is 135 cm³/mol. The van der Waals surface area contributed by atoms with E-state index in [0.29, 0.717) is 28.2 Å². The molecule has 2 aromatic heterocycles. The zero-order valence-corrected chi connectivity index (χ0v) is 21.0. The average Bonchev–Trinajstić information content (AvgIpc) is 3.35. The zero-order chi connectivity index (χ0) is 25.9. The van der Waals surface area contributed by atoms with Crippen LogP contribution in [0.1, 0.15) is 77.7 Å². The van der Waals surface area contributed by atoms with Crippen LogP contribution in [0.25, 0.3) is 5.69 Å². The quantitative estimate of drug-likeness (QED) is 0.564. The zero-order valence-electron chi connectivity index (χ0n) is 21.0. The summed E-state index contributed by atoms with van der Waals surface area (Å²) < 4.78 is 1.47. The van der Waals surface area contributed by atoms with Gasteiger partial charge in [-0.2, -0.15) is 5.26 Å². The van der Waals surface area contributed by atoms with E-state index >= 15 is 0 Å². The molecule has 0 bridgehead atoms. The van der Waals surface area contributed by atoms with Gasteiger partial charge in [0.1, 0.15) is 0 Å². The summed E-state index contributed by atoms with van der Waals surface area (Å²) >= 11 is 0. The molecule has 0 radical (unpaired) electrons. The van der Waals surface area contributed by atoms with Gasteiger partial charge < -0.3 is 5.32 Å². The molecule has 2 amide bonds. The Labute approximate surface area is 210 Å². The molecule has 0 saturated carbocycles. The van der Waals surface area contributed by atoms with Gasteiger partial charge in [-0.3, -0.25) is 20.0 Å². The van der Waals surface area contributed by atoms with Gasteiger partial charge in [-0.05, 0) is 55.0 Å². The van der Waals surface area contributed by atoms with E-state index in [1.165, 1.54) is 11.1 Å². The minimum Gasteiger partial charge on any atom is -0.321 e. The molecule has 1 saturated heterocycles. The molecule has 10 nitrogen and oxygen atoms in total. The van der Waals surface area contributed by atoms with E-state index in [0.717, 1.165) is 31.5 Å². The number of pyridine rings is 1. The molecule has 1 fully saturated rings. The molecule has 2 N–H and O–H groups in total. The van der Waals surface area contributed by atoms with Crippen molar-refractivity contribution in [1.82, 2.24) is 30.4 Å². The number of aryl methyl sites for hydroxylation is 1. The van der Waals surface area contributed by atoms with Crippen molar-refractivity contribution in [2.45, 2.75) is 52.4 Å². The fourth-order valence-corrected chi connectivity index (χ4v) is 3.97. The molecule has 10 heteroatoms. The maximum atomic E-state index is 13.0. The smallest absolute Gasteiger partial charge is 0.287 e. The number of carbonyl (C=O) groups is 2. The molecule has 0 spiro atoms. The standard InChI is InChI=1S/C26H30N8O2/c1-17-23(34-16-22(30-32-34)25(36)31-33-8-6-5-7-9-33)13-21(15-28-17)29-24(35)19-10-18(14-27)11-20(12-19)26(2,3)4/h10-13,15-16H,5-9H2,1-4H3,(H,29,35)(H,31,36). The number of carbonyl (C=O) groups excluding carboxylic acids is 2. The number of hydrogen-bond acceptors (Lipinski definition) is 7. The van der Waals surface area contributed by atoms with Crippen molar-refractivity contribution in [2.24, 2.45) is 0 Å². The van der Waals surface area contributed by atoms with Crippen molar-refractivity contribution in [1.29, 1.82) is 5.26 Å². The predicted octanol–water partition coefficient (Wildman–Crippen LogP) is 3.52. The van der Waals surface area contributed by atoms with Crippen molar-refractivity contribution >= 4 is 17.5 Å². The second-order valence-electron chi connectivity index (χ2n) is 9.98. The highest BCUT2D eigenvalue weighted by Gasteiger charge is 2.20. The molecule has 1 aliphatic heterocycles. The summed E-state index contributed by atoms with van der Waals surface area (Å²) in [6.45, 7) is 9.53. The van der Waals surface area contributed by atoms with E-state index in [1.807, 2.05) is 32.7 Å². The highest BCUT2D eigenvalue weighted by Crippen LogP contribution is 2.25. The van der Waals surface area contributed by atoms with E-state index < -0.39 is 0 Å². The van der Waals surface area contributed by atoms with E-state index in [9.17, 15) is 14.9 Å². The van der Waals surface area contributed by atoms with Crippen LogP contribution in [0.15, 0.2) is 36.7 Å². The Balaban J connectivity index is 1.53. The highest BCUT2D eigenvalue weighted by atomic mass is 16.2. The third-order valence-corrected chi connectivity index (χ3v) is 6.10. The van der Waals surface area contributed by atoms with Crippen LogP contribution in [0.3, 0.4) is 0 Å². The minimum atomic E-state index is -0.352. The van der Waals surface area contributed by atoms with Gasteiger partial charge in [-0.15, -0.1) is 5.10 Å². The maximum absolute atomic E-state index is 13.0. The molecule has 0 aliphatic carbocycles. The van der Waals surface area contributed by atoms with Gasteiger partial charge in [0.05, 0.1) is 41.1 Å². The molecule has 186 valence electrons. The van der Waals surface area contributed by atoms with Gasteiger partial charge in [-0.1, -0.05) is 32.4 Å². The lowest BCUT2D eigenvalue weighted by atomic mass is 9.85. The number of piperidine rings is 1. The number of nitrogens with zero attached hydrogens (tertiary/aromatic N) is 6. The molecule has 3 heterocycles. The first kappa shape index (κ1) is 25.0. The minimum absolute atomic E-state index is 0.192.